The maximum absolute atomic E-state index is 12.7. The lowest BCUT2D eigenvalue weighted by Gasteiger charge is -2.16. The minimum absolute atomic E-state index is 0.116. The first-order valence-electron chi connectivity index (χ1n) is 11.8. The Hall–Kier alpha value is -3.56. The van der Waals surface area contributed by atoms with Gasteiger partial charge in [-0.15, -0.1) is 0 Å². The highest BCUT2D eigenvalue weighted by molar-refractivity contribution is 6.33. The van der Waals surface area contributed by atoms with E-state index in [1.165, 1.54) is 11.2 Å². The average Bonchev–Trinajstić information content (AvgIpc) is 3.47. The number of imidazole rings is 1. The van der Waals surface area contributed by atoms with Gasteiger partial charge in [-0.25, -0.2) is 9.97 Å². The number of likely N-dealkylation sites (N-methyl/N-ethyl adjacent to an activating group) is 1. The van der Waals surface area contributed by atoms with Crippen LogP contribution in [0.5, 0.6) is 5.88 Å². The van der Waals surface area contributed by atoms with Gasteiger partial charge in [-0.2, -0.15) is 4.98 Å². The number of nitrogens with zero attached hydrogens (tertiary/aromatic N) is 6. The van der Waals surface area contributed by atoms with Crippen molar-refractivity contribution in [2.75, 3.05) is 20.2 Å². The average molecular weight is 507 g/mol. The van der Waals surface area contributed by atoms with Gasteiger partial charge in [0.2, 0.25) is 5.88 Å². The molecule has 9 nitrogen and oxygen atoms in total. The van der Waals surface area contributed by atoms with E-state index in [1.807, 2.05) is 23.6 Å². The van der Waals surface area contributed by atoms with Crippen LogP contribution in [0.15, 0.2) is 42.9 Å². The Kier molecular flexibility index (Phi) is 6.36. The Bertz CT molecular complexity index is 1450. The third-order valence-corrected chi connectivity index (χ3v) is 6.64. The molecule has 186 valence electrons. The lowest BCUT2D eigenvalue weighted by Crippen LogP contribution is -2.29. The summed E-state index contributed by atoms with van der Waals surface area (Å²) in [5, 5.41) is 9.53. The van der Waals surface area contributed by atoms with E-state index in [-0.39, 0.29) is 24.7 Å². The van der Waals surface area contributed by atoms with Crippen LogP contribution in [0.1, 0.15) is 41.4 Å². The number of pyridine rings is 1. The number of hydrogen-bond acceptors (Lipinski definition) is 7. The van der Waals surface area contributed by atoms with Crippen molar-refractivity contribution in [1.29, 1.82) is 0 Å². The Morgan fingerprint density at radius 1 is 1.22 bits per heavy atom. The summed E-state index contributed by atoms with van der Waals surface area (Å²) in [5.41, 5.74) is 3.94. The van der Waals surface area contributed by atoms with Gasteiger partial charge < -0.3 is 19.3 Å². The number of carbonyl (C=O) groups excluding carboxylic acids is 1. The Morgan fingerprint density at radius 3 is 2.72 bits per heavy atom. The van der Waals surface area contributed by atoms with Crippen molar-refractivity contribution < 1.29 is 14.6 Å². The number of rotatable bonds is 8. The number of halogens is 1. The summed E-state index contributed by atoms with van der Waals surface area (Å²) in [5.74, 6) is 0.785. The molecular formula is C26H27ClN6O3. The number of aliphatic hydroxyl groups is 1. The number of carbonyl (C=O) groups is 1. The van der Waals surface area contributed by atoms with E-state index in [0.29, 0.717) is 45.6 Å². The Balaban J connectivity index is 1.62. The van der Waals surface area contributed by atoms with Crippen LogP contribution >= 0.6 is 11.6 Å². The van der Waals surface area contributed by atoms with Crippen LogP contribution in [0.2, 0.25) is 5.02 Å². The fourth-order valence-corrected chi connectivity index (χ4v) is 4.27. The maximum atomic E-state index is 12.7. The van der Waals surface area contributed by atoms with Gasteiger partial charge >= 0.3 is 0 Å². The molecule has 1 aromatic carbocycles. The molecule has 1 aliphatic rings. The number of hydrogen-bond donors (Lipinski definition) is 1. The summed E-state index contributed by atoms with van der Waals surface area (Å²) in [4.78, 5) is 32.4. The molecule has 0 radical (unpaired) electrons. The van der Waals surface area contributed by atoms with Crippen molar-refractivity contribution in [2.24, 2.45) is 0 Å². The molecule has 36 heavy (non-hydrogen) atoms. The molecule has 1 saturated carbocycles. The highest BCUT2D eigenvalue weighted by Gasteiger charge is 2.41. The fourth-order valence-electron chi connectivity index (χ4n) is 4.01. The van der Waals surface area contributed by atoms with Gasteiger partial charge in [0.15, 0.2) is 11.2 Å². The molecular weight excluding hydrogens is 480 g/mol. The largest absolute Gasteiger partial charge is 0.470 e. The molecule has 3 heterocycles. The number of fused-ring (bicyclic) bond motifs is 1. The molecule has 0 saturated heterocycles. The Labute approximate surface area is 213 Å². The van der Waals surface area contributed by atoms with Crippen molar-refractivity contribution in [3.05, 3.63) is 64.7 Å². The van der Waals surface area contributed by atoms with Gasteiger partial charge in [0.25, 0.3) is 5.91 Å². The van der Waals surface area contributed by atoms with Gasteiger partial charge in [0.1, 0.15) is 17.8 Å². The van der Waals surface area contributed by atoms with Crippen LogP contribution in [0.3, 0.4) is 0 Å². The predicted molar refractivity (Wildman–Crippen MR) is 136 cm³/mol. The normalized spacial score (nSPS) is 14.1. The lowest BCUT2D eigenvalue weighted by molar-refractivity contribution is 0.0767. The zero-order valence-corrected chi connectivity index (χ0v) is 21.2. The van der Waals surface area contributed by atoms with Crippen molar-refractivity contribution in [2.45, 2.75) is 38.8 Å². The molecule has 4 aromatic rings. The van der Waals surface area contributed by atoms with Crippen LogP contribution in [-0.2, 0) is 6.54 Å². The van der Waals surface area contributed by atoms with E-state index in [9.17, 15) is 4.79 Å². The van der Waals surface area contributed by atoms with Crippen molar-refractivity contribution in [3.8, 4) is 17.3 Å². The number of benzene rings is 1. The number of aryl methyl sites for hydroxylation is 1. The Morgan fingerprint density at radius 2 is 2.03 bits per heavy atom. The number of ether oxygens (including phenoxy) is 1. The third kappa shape index (κ3) is 4.76. The summed E-state index contributed by atoms with van der Waals surface area (Å²) in [6.45, 7) is 4.60. The number of amides is 1. The molecule has 0 unspecified atom stereocenters. The van der Waals surface area contributed by atoms with E-state index < -0.39 is 0 Å². The topological polar surface area (TPSA) is 106 Å². The molecule has 1 N–H and O–H groups in total. The summed E-state index contributed by atoms with van der Waals surface area (Å²) in [6, 6.07) is 9.07. The second-order valence-electron chi connectivity index (χ2n) is 9.39. The summed E-state index contributed by atoms with van der Waals surface area (Å²) < 4.78 is 8.13. The standard InChI is InChI=1S/C26H27ClN6O3/c1-16-6-9-28-18(12-16)14-33-22(19-5-4-17(13-20(19)27)25(35)32(3)10-11-34)31-21-23(33)29-15-30-24(21)36-26(2)7-8-26/h4-6,9,12-13,15,34H,7-8,10-11,14H2,1-3H3. The van der Waals surface area contributed by atoms with Crippen LogP contribution in [0, 0.1) is 6.92 Å². The molecule has 10 heteroatoms. The molecule has 1 amide bonds. The van der Waals surface area contributed by atoms with Crippen LogP contribution in [0.4, 0.5) is 0 Å². The van der Waals surface area contributed by atoms with Crippen molar-refractivity contribution in [3.63, 3.8) is 0 Å². The third-order valence-electron chi connectivity index (χ3n) is 6.33. The van der Waals surface area contributed by atoms with Crippen LogP contribution in [-0.4, -0.2) is 66.2 Å². The van der Waals surface area contributed by atoms with Crippen LogP contribution in [0.25, 0.3) is 22.6 Å². The fraction of sp³-hybridized carbons (Fsp3) is 0.346. The molecule has 0 spiro atoms. The van der Waals surface area contributed by atoms with Gasteiger partial charge in [-0.1, -0.05) is 11.6 Å². The first kappa shape index (κ1) is 24.1. The van der Waals surface area contributed by atoms with E-state index >= 15 is 0 Å². The molecule has 1 fully saturated rings. The van der Waals surface area contributed by atoms with Crippen molar-refractivity contribution >= 4 is 28.7 Å². The highest BCUT2D eigenvalue weighted by Crippen LogP contribution is 2.41. The molecule has 3 aromatic heterocycles. The van der Waals surface area contributed by atoms with Gasteiger partial charge in [-0.05, 0) is 62.6 Å². The molecule has 1 aliphatic carbocycles. The van der Waals surface area contributed by atoms with Crippen molar-refractivity contribution in [1.82, 2.24) is 29.4 Å². The maximum Gasteiger partial charge on any atom is 0.253 e. The minimum atomic E-state index is -0.233. The van der Waals surface area contributed by atoms with Gasteiger partial charge in [-0.3, -0.25) is 9.78 Å². The molecule has 0 aliphatic heterocycles. The summed E-state index contributed by atoms with van der Waals surface area (Å²) in [7, 11) is 1.63. The van der Waals surface area contributed by atoms with Crippen LogP contribution < -0.4 is 4.74 Å². The van der Waals surface area contributed by atoms with E-state index in [0.717, 1.165) is 24.1 Å². The highest BCUT2D eigenvalue weighted by atomic mass is 35.5. The first-order chi connectivity index (χ1) is 17.3. The summed E-state index contributed by atoms with van der Waals surface area (Å²) in [6.07, 6.45) is 5.18. The smallest absolute Gasteiger partial charge is 0.253 e. The van der Waals surface area contributed by atoms with E-state index in [1.54, 1.807) is 31.4 Å². The lowest BCUT2D eigenvalue weighted by atomic mass is 10.1. The zero-order valence-electron chi connectivity index (χ0n) is 20.4. The zero-order chi connectivity index (χ0) is 25.4. The second kappa shape index (κ2) is 9.48. The monoisotopic (exact) mass is 506 g/mol. The van der Waals surface area contributed by atoms with E-state index in [2.05, 4.69) is 21.9 Å². The molecule has 0 atom stereocenters. The number of aromatic nitrogens is 5. The van der Waals surface area contributed by atoms with Gasteiger partial charge in [0.05, 0.1) is 23.9 Å². The molecule has 5 rings (SSSR count). The number of aliphatic hydroxyl groups excluding tert-OH is 1. The first-order valence-corrected chi connectivity index (χ1v) is 12.1. The quantitative estimate of drug-likeness (QED) is 0.386. The van der Waals surface area contributed by atoms with Gasteiger partial charge in [0, 0.05) is 30.9 Å². The SMILES string of the molecule is Cc1ccnc(Cn2c(-c3ccc(C(=O)N(C)CCO)cc3Cl)nc3c(OC4(C)CC4)ncnc32)c1. The minimum Gasteiger partial charge on any atom is -0.470 e. The summed E-state index contributed by atoms with van der Waals surface area (Å²) >= 11 is 6.72. The second-order valence-corrected chi connectivity index (χ2v) is 9.80. The van der Waals surface area contributed by atoms with E-state index in [4.69, 9.17) is 26.4 Å². The molecule has 0 bridgehead atoms. The predicted octanol–water partition coefficient (Wildman–Crippen LogP) is 3.89.